The predicted molar refractivity (Wildman–Crippen MR) is 89.1 cm³/mol. The number of hydrogen-bond donors (Lipinski definition) is 0. The van der Waals surface area contributed by atoms with Crippen molar-refractivity contribution in [2.75, 3.05) is 21.3 Å². The number of rotatable bonds is 6. The van der Waals surface area contributed by atoms with E-state index in [1.807, 2.05) is 0 Å². The lowest BCUT2D eigenvalue weighted by Crippen LogP contribution is -2.06. The van der Waals surface area contributed by atoms with Gasteiger partial charge < -0.3 is 18.9 Å². The van der Waals surface area contributed by atoms with Crippen LogP contribution in [0.2, 0.25) is 0 Å². The van der Waals surface area contributed by atoms with Gasteiger partial charge in [0.15, 0.2) is 0 Å². The Morgan fingerprint density at radius 2 is 1.76 bits per heavy atom. The molecule has 0 unspecified atom stereocenters. The summed E-state index contributed by atoms with van der Waals surface area (Å²) in [6.45, 7) is 0. The van der Waals surface area contributed by atoms with Crippen LogP contribution in [0, 0.1) is 0 Å². The third-order valence-electron chi connectivity index (χ3n) is 3.19. The average Bonchev–Trinajstić information content (AvgIpc) is 2.66. The van der Waals surface area contributed by atoms with Crippen molar-refractivity contribution in [2.45, 2.75) is 0 Å². The first kappa shape index (κ1) is 18.0. The normalized spacial score (nSPS) is 10.8. The van der Waals surface area contributed by atoms with Gasteiger partial charge in [0.05, 0.1) is 33.2 Å². The summed E-state index contributed by atoms with van der Waals surface area (Å²) in [5, 5.41) is 0. The number of carbonyl (C=O) groups is 2. The fourth-order valence-electron chi connectivity index (χ4n) is 2.02. The predicted octanol–water partition coefficient (Wildman–Crippen LogP) is 2.82. The molecule has 2 aromatic rings. The Kier molecular flexibility index (Phi) is 6.11. The smallest absolute Gasteiger partial charge is 0.341 e. The van der Waals surface area contributed by atoms with Crippen molar-refractivity contribution in [1.82, 2.24) is 4.98 Å². The molecule has 0 N–H and O–H groups in total. The number of esters is 2. The van der Waals surface area contributed by atoms with Crippen LogP contribution in [0.1, 0.15) is 15.9 Å². The van der Waals surface area contributed by atoms with Crippen LogP contribution in [0.5, 0.6) is 11.6 Å². The fraction of sp³-hybridized carbons (Fsp3) is 0.167. The van der Waals surface area contributed by atoms with Crippen LogP contribution in [0.15, 0.2) is 48.9 Å². The summed E-state index contributed by atoms with van der Waals surface area (Å²) < 4.78 is 20.1. The lowest BCUT2D eigenvalue weighted by Gasteiger charge is -2.12. The average molecular weight is 343 g/mol. The number of nitrogens with zero attached hydrogens (tertiary/aromatic N) is 1. The highest BCUT2D eigenvalue weighted by molar-refractivity contribution is 6.17. The molecule has 1 aromatic heterocycles. The number of benzene rings is 1. The molecule has 0 amide bonds. The zero-order valence-corrected chi connectivity index (χ0v) is 14.0. The van der Waals surface area contributed by atoms with Crippen molar-refractivity contribution in [3.05, 3.63) is 60.0 Å². The van der Waals surface area contributed by atoms with E-state index in [4.69, 9.17) is 14.2 Å². The summed E-state index contributed by atoms with van der Waals surface area (Å²) in [6, 6.07) is 9.94. The van der Waals surface area contributed by atoms with Crippen LogP contribution >= 0.6 is 0 Å². The lowest BCUT2D eigenvalue weighted by molar-refractivity contribution is -0.133. The molecule has 0 atom stereocenters. The molecule has 0 aliphatic heterocycles. The molecule has 0 aliphatic carbocycles. The van der Waals surface area contributed by atoms with E-state index in [2.05, 4.69) is 9.72 Å². The Morgan fingerprint density at radius 1 is 1.00 bits per heavy atom. The molecule has 130 valence electrons. The van der Waals surface area contributed by atoms with Crippen molar-refractivity contribution in [1.29, 1.82) is 0 Å². The van der Waals surface area contributed by atoms with Crippen LogP contribution in [0.25, 0.3) is 5.57 Å². The third kappa shape index (κ3) is 4.35. The first-order chi connectivity index (χ1) is 12.1. The van der Waals surface area contributed by atoms with Crippen LogP contribution < -0.4 is 4.74 Å². The van der Waals surface area contributed by atoms with Crippen molar-refractivity contribution in [3.63, 3.8) is 0 Å². The Labute approximate surface area is 144 Å². The zero-order valence-electron chi connectivity index (χ0n) is 14.0. The largest absolute Gasteiger partial charge is 0.503 e. The van der Waals surface area contributed by atoms with Crippen LogP contribution in [-0.2, 0) is 19.0 Å². The molecule has 0 saturated carbocycles. The summed E-state index contributed by atoms with van der Waals surface area (Å²) >= 11 is 0. The Balaban J connectivity index is 2.33. The van der Waals surface area contributed by atoms with Gasteiger partial charge >= 0.3 is 11.9 Å². The second kappa shape index (κ2) is 8.49. The van der Waals surface area contributed by atoms with Crippen molar-refractivity contribution in [3.8, 4) is 11.6 Å². The van der Waals surface area contributed by atoms with Gasteiger partial charge in [0, 0.05) is 17.8 Å². The number of hydrogen-bond acceptors (Lipinski definition) is 7. The van der Waals surface area contributed by atoms with Crippen molar-refractivity contribution in [2.24, 2.45) is 0 Å². The van der Waals surface area contributed by atoms with Crippen molar-refractivity contribution < 1.29 is 28.5 Å². The maximum atomic E-state index is 12.0. The number of methoxy groups -OCH3 is 3. The SMILES string of the molecule is CO/C=C(/C(=O)OC)c1ccccc1Oc1ccc(C(=O)OC)cn1. The molecule has 0 aliphatic rings. The van der Waals surface area contributed by atoms with E-state index < -0.39 is 11.9 Å². The molecule has 1 aromatic carbocycles. The van der Waals surface area contributed by atoms with Gasteiger partial charge in [-0.2, -0.15) is 0 Å². The second-order valence-electron chi connectivity index (χ2n) is 4.73. The van der Waals surface area contributed by atoms with Gasteiger partial charge in [-0.25, -0.2) is 14.6 Å². The Bertz CT molecular complexity index is 782. The summed E-state index contributed by atoms with van der Waals surface area (Å²) in [5.41, 5.74) is 0.986. The maximum absolute atomic E-state index is 12.0. The van der Waals surface area contributed by atoms with E-state index in [0.717, 1.165) is 0 Å². The highest BCUT2D eigenvalue weighted by Gasteiger charge is 2.18. The fourth-order valence-corrected chi connectivity index (χ4v) is 2.02. The molecule has 2 rings (SSSR count). The molecule has 1 heterocycles. The van der Waals surface area contributed by atoms with Gasteiger partial charge in [-0.1, -0.05) is 18.2 Å². The number of aromatic nitrogens is 1. The van der Waals surface area contributed by atoms with Crippen LogP contribution in [0.4, 0.5) is 0 Å². The van der Waals surface area contributed by atoms with E-state index in [1.54, 1.807) is 24.3 Å². The van der Waals surface area contributed by atoms with Gasteiger partial charge in [-0.15, -0.1) is 0 Å². The number of para-hydroxylation sites is 1. The summed E-state index contributed by atoms with van der Waals surface area (Å²) in [6.07, 6.45) is 2.62. The first-order valence-electron chi connectivity index (χ1n) is 7.23. The molecule has 7 heteroatoms. The molecule has 0 bridgehead atoms. The molecule has 7 nitrogen and oxygen atoms in total. The van der Waals surface area contributed by atoms with E-state index in [1.165, 1.54) is 45.9 Å². The maximum Gasteiger partial charge on any atom is 0.341 e. The summed E-state index contributed by atoms with van der Waals surface area (Å²) in [4.78, 5) is 27.5. The minimum absolute atomic E-state index is 0.201. The molecule has 0 spiro atoms. The number of ether oxygens (including phenoxy) is 4. The molecule has 0 radical (unpaired) electrons. The molecular weight excluding hydrogens is 326 g/mol. The standard InChI is InChI=1S/C18H17NO6/c1-22-11-14(18(21)24-3)13-6-4-5-7-15(13)25-16-9-8-12(10-19-16)17(20)23-2/h4-11H,1-3H3/b14-11+. The minimum Gasteiger partial charge on any atom is -0.503 e. The quantitative estimate of drug-likeness (QED) is 0.453. The van der Waals surface area contributed by atoms with Crippen molar-refractivity contribution >= 4 is 17.5 Å². The Morgan fingerprint density at radius 3 is 2.36 bits per heavy atom. The molecule has 25 heavy (non-hydrogen) atoms. The molecule has 0 fully saturated rings. The molecule has 0 saturated heterocycles. The number of pyridine rings is 1. The second-order valence-corrected chi connectivity index (χ2v) is 4.73. The third-order valence-corrected chi connectivity index (χ3v) is 3.19. The monoisotopic (exact) mass is 343 g/mol. The van der Waals surface area contributed by atoms with E-state index >= 15 is 0 Å². The highest BCUT2D eigenvalue weighted by Crippen LogP contribution is 2.30. The van der Waals surface area contributed by atoms with Gasteiger partial charge in [-0.3, -0.25) is 0 Å². The van der Waals surface area contributed by atoms with Crippen LogP contribution in [-0.4, -0.2) is 38.3 Å². The minimum atomic E-state index is -0.563. The van der Waals surface area contributed by atoms with E-state index in [0.29, 0.717) is 16.9 Å². The van der Waals surface area contributed by atoms with Crippen LogP contribution in [0.3, 0.4) is 0 Å². The number of carbonyl (C=O) groups excluding carboxylic acids is 2. The zero-order chi connectivity index (χ0) is 18.2. The van der Waals surface area contributed by atoms with E-state index in [-0.39, 0.29) is 11.5 Å². The Hall–Kier alpha value is -3.35. The molecular formula is C18H17NO6. The van der Waals surface area contributed by atoms with Gasteiger partial charge in [0.2, 0.25) is 5.88 Å². The first-order valence-corrected chi connectivity index (χ1v) is 7.23. The van der Waals surface area contributed by atoms with Gasteiger partial charge in [0.1, 0.15) is 11.3 Å². The lowest BCUT2D eigenvalue weighted by atomic mass is 10.1. The van der Waals surface area contributed by atoms with E-state index in [9.17, 15) is 9.59 Å². The topological polar surface area (TPSA) is 84.0 Å². The highest BCUT2D eigenvalue weighted by atomic mass is 16.5. The van der Waals surface area contributed by atoms with Gasteiger partial charge in [0.25, 0.3) is 0 Å². The summed E-state index contributed by atoms with van der Waals surface area (Å²) in [5.74, 6) is -0.418. The van der Waals surface area contributed by atoms with Gasteiger partial charge in [-0.05, 0) is 12.1 Å². The summed E-state index contributed by atoms with van der Waals surface area (Å²) in [7, 11) is 4.00.